The van der Waals surface area contributed by atoms with Crippen LogP contribution in [0.5, 0.6) is 5.75 Å². The van der Waals surface area contributed by atoms with Gasteiger partial charge in [-0.25, -0.2) is 0 Å². The van der Waals surface area contributed by atoms with Crippen molar-refractivity contribution in [2.24, 2.45) is 5.92 Å². The van der Waals surface area contributed by atoms with E-state index in [2.05, 4.69) is 10.6 Å². The molecule has 2 aromatic rings. The number of nitrogens with one attached hydrogen (secondary N) is 2. The van der Waals surface area contributed by atoms with E-state index in [1.165, 1.54) is 0 Å². The van der Waals surface area contributed by atoms with Crippen LogP contribution in [-0.2, 0) is 4.79 Å². The first-order valence-corrected chi connectivity index (χ1v) is 9.14. The number of benzene rings is 2. The van der Waals surface area contributed by atoms with Crippen molar-refractivity contribution in [3.05, 3.63) is 54.1 Å². The van der Waals surface area contributed by atoms with Crippen molar-refractivity contribution < 1.29 is 14.3 Å². The van der Waals surface area contributed by atoms with Gasteiger partial charge in [0.1, 0.15) is 18.3 Å². The van der Waals surface area contributed by atoms with Gasteiger partial charge in [-0.15, -0.1) is 0 Å². The maximum Gasteiger partial charge on any atom is 0.251 e. The molecule has 0 aliphatic heterocycles. The second-order valence-electron chi connectivity index (χ2n) is 6.84. The summed E-state index contributed by atoms with van der Waals surface area (Å²) in [6.45, 7) is 3.86. The molecule has 0 aliphatic rings. The van der Waals surface area contributed by atoms with Crippen LogP contribution in [0.3, 0.4) is 0 Å². The number of hydrogen-bond acceptors (Lipinski definition) is 4. The number of rotatable bonds is 8. The fraction of sp³-hybridized carbons (Fsp3) is 0.318. The molecule has 6 nitrogen and oxygen atoms in total. The molecule has 0 aliphatic carbocycles. The Bertz CT molecular complexity index is 854. The number of ether oxygens (including phenoxy) is 1. The third-order valence-electron chi connectivity index (χ3n) is 4.22. The highest BCUT2D eigenvalue weighted by Gasteiger charge is 2.22. The predicted molar refractivity (Wildman–Crippen MR) is 108 cm³/mol. The quantitative estimate of drug-likeness (QED) is 0.689. The maximum absolute atomic E-state index is 12.7. The van der Waals surface area contributed by atoms with E-state index in [0.717, 1.165) is 16.9 Å². The Morgan fingerprint density at radius 1 is 1.11 bits per heavy atom. The maximum atomic E-state index is 12.7. The van der Waals surface area contributed by atoms with Gasteiger partial charge in [-0.3, -0.25) is 9.59 Å². The van der Waals surface area contributed by atoms with Crippen LogP contribution < -0.4 is 15.4 Å². The summed E-state index contributed by atoms with van der Waals surface area (Å²) in [7, 11) is 1.61. The molecule has 28 heavy (non-hydrogen) atoms. The molecule has 0 saturated heterocycles. The summed E-state index contributed by atoms with van der Waals surface area (Å²) in [4.78, 5) is 25.0. The van der Waals surface area contributed by atoms with Gasteiger partial charge in [0, 0.05) is 5.56 Å². The number of nitrogens with zero attached hydrogens (tertiary/aromatic N) is 1. The Morgan fingerprint density at radius 2 is 1.82 bits per heavy atom. The normalized spacial score (nSPS) is 11.4. The highest BCUT2D eigenvalue weighted by molar-refractivity contribution is 5.98. The summed E-state index contributed by atoms with van der Waals surface area (Å²) in [5.74, 6) is 0.296. The number of amides is 2. The van der Waals surface area contributed by atoms with Gasteiger partial charge in [0.05, 0.1) is 13.2 Å². The SMILES string of the molecule is COc1ccc(-c2cccc(C(=O)N[C@@H](CC(C)C)C(=O)NCC#N)c2)cc1. The second kappa shape index (κ2) is 10.1. The fourth-order valence-electron chi connectivity index (χ4n) is 2.82. The Kier molecular flexibility index (Phi) is 7.58. The van der Waals surface area contributed by atoms with Crippen LogP contribution in [0.15, 0.2) is 48.5 Å². The summed E-state index contributed by atoms with van der Waals surface area (Å²) >= 11 is 0. The van der Waals surface area contributed by atoms with Gasteiger partial charge in [-0.2, -0.15) is 5.26 Å². The molecule has 2 aromatic carbocycles. The number of carbonyl (C=O) groups is 2. The number of carbonyl (C=O) groups excluding carboxylic acids is 2. The van der Waals surface area contributed by atoms with Crippen LogP contribution in [0, 0.1) is 17.2 Å². The average Bonchev–Trinajstić information content (AvgIpc) is 2.71. The van der Waals surface area contributed by atoms with Crippen molar-refractivity contribution in [1.29, 1.82) is 5.26 Å². The van der Waals surface area contributed by atoms with Crippen molar-refractivity contribution in [2.75, 3.05) is 13.7 Å². The van der Waals surface area contributed by atoms with Crippen LogP contribution >= 0.6 is 0 Å². The van der Waals surface area contributed by atoms with Crippen LogP contribution in [0.2, 0.25) is 0 Å². The molecule has 0 heterocycles. The Labute approximate surface area is 165 Å². The summed E-state index contributed by atoms with van der Waals surface area (Å²) < 4.78 is 5.17. The van der Waals surface area contributed by atoms with Crippen LogP contribution in [-0.4, -0.2) is 31.5 Å². The minimum atomic E-state index is -0.689. The van der Waals surface area contributed by atoms with Gasteiger partial charge in [0.15, 0.2) is 0 Å². The molecule has 0 unspecified atom stereocenters. The molecule has 6 heteroatoms. The van der Waals surface area contributed by atoms with Crippen LogP contribution in [0.4, 0.5) is 0 Å². The molecular formula is C22H25N3O3. The molecule has 2 N–H and O–H groups in total. The first-order valence-electron chi connectivity index (χ1n) is 9.14. The monoisotopic (exact) mass is 379 g/mol. The molecule has 0 radical (unpaired) electrons. The van der Waals surface area contributed by atoms with E-state index >= 15 is 0 Å². The summed E-state index contributed by atoms with van der Waals surface area (Å²) in [6.07, 6.45) is 0.487. The number of methoxy groups -OCH3 is 1. The van der Waals surface area contributed by atoms with Gasteiger partial charge in [0.25, 0.3) is 5.91 Å². The lowest BCUT2D eigenvalue weighted by Crippen LogP contribution is -2.47. The Balaban J connectivity index is 2.17. The predicted octanol–water partition coefficient (Wildman–Crippen LogP) is 3.15. The molecule has 0 bridgehead atoms. The van der Waals surface area contributed by atoms with E-state index in [0.29, 0.717) is 12.0 Å². The molecule has 0 spiro atoms. The van der Waals surface area contributed by atoms with Crippen molar-refractivity contribution >= 4 is 11.8 Å². The smallest absolute Gasteiger partial charge is 0.251 e. The van der Waals surface area contributed by atoms with E-state index in [-0.39, 0.29) is 24.3 Å². The lowest BCUT2D eigenvalue weighted by Gasteiger charge is -2.19. The summed E-state index contributed by atoms with van der Waals surface area (Å²) in [5.41, 5.74) is 2.32. The highest BCUT2D eigenvalue weighted by atomic mass is 16.5. The van der Waals surface area contributed by atoms with Gasteiger partial charge in [-0.1, -0.05) is 38.1 Å². The number of hydrogen-bond donors (Lipinski definition) is 2. The van der Waals surface area contributed by atoms with Crippen molar-refractivity contribution in [2.45, 2.75) is 26.3 Å². The zero-order valence-corrected chi connectivity index (χ0v) is 16.4. The Morgan fingerprint density at radius 3 is 2.43 bits per heavy atom. The van der Waals surface area contributed by atoms with Crippen molar-refractivity contribution in [3.63, 3.8) is 0 Å². The minimum absolute atomic E-state index is 0.0870. The lowest BCUT2D eigenvalue weighted by atomic mass is 10.0. The molecule has 2 rings (SSSR count). The van der Waals surface area contributed by atoms with Crippen LogP contribution in [0.1, 0.15) is 30.6 Å². The van der Waals surface area contributed by atoms with Gasteiger partial charge in [0.2, 0.25) is 5.91 Å². The van der Waals surface area contributed by atoms with E-state index in [4.69, 9.17) is 10.00 Å². The molecule has 2 amide bonds. The zero-order valence-electron chi connectivity index (χ0n) is 16.4. The Hall–Kier alpha value is -3.33. The second-order valence-corrected chi connectivity index (χ2v) is 6.84. The highest BCUT2D eigenvalue weighted by Crippen LogP contribution is 2.23. The molecule has 0 fully saturated rings. The molecular weight excluding hydrogens is 354 g/mol. The molecule has 1 atom stereocenters. The van der Waals surface area contributed by atoms with Crippen LogP contribution in [0.25, 0.3) is 11.1 Å². The number of nitriles is 1. The third kappa shape index (κ3) is 5.85. The largest absolute Gasteiger partial charge is 0.497 e. The van der Waals surface area contributed by atoms with E-state index < -0.39 is 6.04 Å². The van der Waals surface area contributed by atoms with Gasteiger partial charge >= 0.3 is 0 Å². The minimum Gasteiger partial charge on any atom is -0.497 e. The summed E-state index contributed by atoms with van der Waals surface area (Å²) in [6, 6.07) is 16.0. The van der Waals surface area contributed by atoms with E-state index in [1.54, 1.807) is 19.2 Å². The van der Waals surface area contributed by atoms with Gasteiger partial charge in [-0.05, 0) is 47.7 Å². The van der Waals surface area contributed by atoms with Crippen molar-refractivity contribution in [3.8, 4) is 22.9 Å². The van der Waals surface area contributed by atoms with E-state index in [1.807, 2.05) is 56.3 Å². The fourth-order valence-corrected chi connectivity index (χ4v) is 2.82. The lowest BCUT2D eigenvalue weighted by molar-refractivity contribution is -0.123. The van der Waals surface area contributed by atoms with Crippen molar-refractivity contribution in [1.82, 2.24) is 10.6 Å². The molecule has 0 aromatic heterocycles. The standard InChI is InChI=1S/C22H25N3O3/c1-15(2)13-20(22(27)24-12-11-23)25-21(26)18-6-4-5-17(14-18)16-7-9-19(28-3)10-8-16/h4-10,14-15,20H,12-13H2,1-3H3,(H,24,27)(H,25,26)/t20-/m0/s1. The zero-order chi connectivity index (χ0) is 20.5. The molecule has 0 saturated carbocycles. The van der Waals surface area contributed by atoms with Gasteiger partial charge < -0.3 is 15.4 Å². The van der Waals surface area contributed by atoms with E-state index in [9.17, 15) is 9.59 Å². The average molecular weight is 379 g/mol. The topological polar surface area (TPSA) is 91.2 Å². The summed E-state index contributed by atoms with van der Waals surface area (Å²) in [5, 5.41) is 14.0. The first-order chi connectivity index (χ1) is 13.4. The first kappa shape index (κ1) is 21.0. The molecule has 146 valence electrons. The third-order valence-corrected chi connectivity index (χ3v) is 4.22.